The van der Waals surface area contributed by atoms with Gasteiger partial charge in [0.1, 0.15) is 4.90 Å². The average molecular weight is 548 g/mol. The minimum Gasteiger partial charge on any atom is -0.325 e. The lowest BCUT2D eigenvalue weighted by atomic mass is 9.97. The molecule has 3 rings (SSSR count). The Hall–Kier alpha value is -1.12. The van der Waals surface area contributed by atoms with E-state index in [1.807, 2.05) is 26.0 Å². The van der Waals surface area contributed by atoms with E-state index < -0.39 is 15.9 Å². The topological polar surface area (TPSA) is 66.5 Å². The highest BCUT2D eigenvalue weighted by molar-refractivity contribution is 9.10. The Morgan fingerprint density at radius 2 is 1.81 bits per heavy atom. The minimum atomic E-state index is -3.86. The summed E-state index contributed by atoms with van der Waals surface area (Å²) in [6, 6.07) is 8.38. The van der Waals surface area contributed by atoms with Gasteiger partial charge in [-0.25, -0.2) is 8.42 Å². The fraction of sp³-hybridized carbons (Fsp3) is 0.409. The molecule has 9 heteroatoms. The van der Waals surface area contributed by atoms with Crippen LogP contribution >= 0.6 is 39.1 Å². The number of hydrogen-bond acceptors (Lipinski definition) is 3. The highest BCUT2D eigenvalue weighted by Crippen LogP contribution is 2.32. The Morgan fingerprint density at radius 1 is 1.16 bits per heavy atom. The number of rotatable bonds is 6. The molecule has 2 aromatic rings. The predicted octanol–water partition coefficient (Wildman–Crippen LogP) is 5.92. The number of nitrogens with zero attached hydrogens (tertiary/aromatic N) is 1. The van der Waals surface area contributed by atoms with Crippen LogP contribution in [0.25, 0.3) is 0 Å². The normalized spacial score (nSPS) is 17.5. The molecule has 1 N–H and O–H groups in total. The van der Waals surface area contributed by atoms with Crippen molar-refractivity contribution >= 4 is 60.7 Å². The highest BCUT2D eigenvalue weighted by atomic mass is 79.9. The molecular formula is C22H25BrCl2N2O3S. The monoisotopic (exact) mass is 546 g/mol. The Labute approximate surface area is 202 Å². The Kier molecular flexibility index (Phi) is 8.08. The number of carbonyl (C=O) groups is 1. The summed E-state index contributed by atoms with van der Waals surface area (Å²) < 4.78 is 28.7. The van der Waals surface area contributed by atoms with Crippen LogP contribution in [0.3, 0.4) is 0 Å². The molecule has 168 valence electrons. The Bertz CT molecular complexity index is 1070. The first-order valence-corrected chi connectivity index (χ1v) is 13.2. The van der Waals surface area contributed by atoms with Gasteiger partial charge in [0, 0.05) is 28.3 Å². The summed E-state index contributed by atoms with van der Waals surface area (Å²) in [5, 5.41) is 3.49. The van der Waals surface area contributed by atoms with E-state index in [4.69, 9.17) is 23.2 Å². The van der Waals surface area contributed by atoms with Crippen molar-refractivity contribution in [2.75, 3.05) is 18.4 Å². The highest BCUT2D eigenvalue weighted by Gasteiger charge is 2.34. The Balaban J connectivity index is 1.83. The first-order chi connectivity index (χ1) is 14.7. The third-order valence-electron chi connectivity index (χ3n) is 5.54. The maximum absolute atomic E-state index is 13.2. The van der Waals surface area contributed by atoms with Crippen LogP contribution in [0.15, 0.2) is 39.7 Å². The number of benzene rings is 2. The molecule has 1 fully saturated rings. The molecule has 1 atom stereocenters. The fourth-order valence-electron chi connectivity index (χ4n) is 3.86. The van der Waals surface area contributed by atoms with E-state index in [1.54, 1.807) is 6.07 Å². The van der Waals surface area contributed by atoms with Crippen molar-refractivity contribution in [3.63, 3.8) is 0 Å². The molecule has 0 spiro atoms. The van der Waals surface area contributed by atoms with Crippen LogP contribution in [0.2, 0.25) is 10.0 Å². The molecular weight excluding hydrogens is 523 g/mol. The van der Waals surface area contributed by atoms with E-state index in [0.29, 0.717) is 24.4 Å². The summed E-state index contributed by atoms with van der Waals surface area (Å²) in [6.45, 7) is 4.53. The maximum atomic E-state index is 13.2. The summed E-state index contributed by atoms with van der Waals surface area (Å²) in [4.78, 5) is 13.1. The van der Waals surface area contributed by atoms with Gasteiger partial charge in [0.25, 0.3) is 0 Å². The van der Waals surface area contributed by atoms with E-state index in [2.05, 4.69) is 21.2 Å². The molecule has 0 bridgehead atoms. The van der Waals surface area contributed by atoms with E-state index in [9.17, 15) is 13.2 Å². The van der Waals surface area contributed by atoms with Crippen molar-refractivity contribution in [3.8, 4) is 0 Å². The standard InChI is InChI=1S/C22H25BrCl2N2O3S/c1-3-14-10-17(23)11-15(4-2)21(14)26-22(28)16-6-5-9-27(13-16)31(29,30)20-12-18(24)7-8-19(20)25/h7-8,10-12,16H,3-6,9,13H2,1-2H3,(H,26,28). The van der Waals surface area contributed by atoms with E-state index in [1.165, 1.54) is 16.4 Å². The van der Waals surface area contributed by atoms with Crippen LogP contribution in [-0.2, 0) is 27.7 Å². The molecule has 1 heterocycles. The summed E-state index contributed by atoms with van der Waals surface area (Å²) >= 11 is 15.7. The van der Waals surface area contributed by atoms with Crippen LogP contribution < -0.4 is 5.32 Å². The largest absolute Gasteiger partial charge is 0.325 e. The molecule has 1 aliphatic rings. The van der Waals surface area contributed by atoms with Gasteiger partial charge in [-0.2, -0.15) is 4.31 Å². The zero-order valence-electron chi connectivity index (χ0n) is 17.4. The number of carbonyl (C=O) groups excluding carboxylic acids is 1. The molecule has 0 saturated carbocycles. The van der Waals surface area contributed by atoms with Crippen molar-refractivity contribution < 1.29 is 13.2 Å². The lowest BCUT2D eigenvalue weighted by Gasteiger charge is -2.31. The van der Waals surface area contributed by atoms with Crippen LogP contribution in [0, 0.1) is 5.92 Å². The lowest BCUT2D eigenvalue weighted by molar-refractivity contribution is -0.120. The molecule has 1 amide bonds. The van der Waals surface area contributed by atoms with Crippen LogP contribution in [-0.4, -0.2) is 31.7 Å². The summed E-state index contributed by atoms with van der Waals surface area (Å²) in [5.74, 6) is -0.608. The molecule has 0 aliphatic carbocycles. The number of aryl methyl sites for hydroxylation is 2. The molecule has 1 saturated heterocycles. The van der Waals surface area contributed by atoms with Gasteiger partial charge < -0.3 is 5.32 Å². The lowest BCUT2D eigenvalue weighted by Crippen LogP contribution is -2.43. The third kappa shape index (κ3) is 5.45. The summed E-state index contributed by atoms with van der Waals surface area (Å²) in [5.41, 5.74) is 2.92. The fourth-order valence-corrected chi connectivity index (χ4v) is 6.67. The SMILES string of the molecule is CCc1cc(Br)cc(CC)c1NC(=O)C1CCCN(S(=O)(=O)c2cc(Cl)ccc2Cl)C1. The predicted molar refractivity (Wildman–Crippen MR) is 129 cm³/mol. The first-order valence-electron chi connectivity index (χ1n) is 10.2. The van der Waals surface area contributed by atoms with Crippen molar-refractivity contribution in [1.29, 1.82) is 0 Å². The van der Waals surface area contributed by atoms with Gasteiger partial charge in [0.15, 0.2) is 0 Å². The van der Waals surface area contributed by atoms with Gasteiger partial charge in [0.2, 0.25) is 15.9 Å². The van der Waals surface area contributed by atoms with Crippen molar-refractivity contribution in [2.24, 2.45) is 5.92 Å². The van der Waals surface area contributed by atoms with Crippen molar-refractivity contribution in [2.45, 2.75) is 44.4 Å². The molecule has 2 aromatic carbocycles. The van der Waals surface area contributed by atoms with Crippen molar-refractivity contribution in [1.82, 2.24) is 4.31 Å². The number of piperidine rings is 1. The molecule has 1 aliphatic heterocycles. The van der Waals surface area contributed by atoms with E-state index in [0.717, 1.165) is 34.1 Å². The van der Waals surface area contributed by atoms with Gasteiger partial charge in [-0.05, 0) is 67.1 Å². The minimum absolute atomic E-state index is 0.0304. The van der Waals surface area contributed by atoms with Gasteiger partial charge in [-0.1, -0.05) is 53.0 Å². The second-order valence-electron chi connectivity index (χ2n) is 7.57. The van der Waals surface area contributed by atoms with Crippen molar-refractivity contribution in [3.05, 3.63) is 56.0 Å². The number of nitrogens with one attached hydrogen (secondary N) is 1. The van der Waals surface area contributed by atoms with Gasteiger partial charge >= 0.3 is 0 Å². The third-order valence-corrected chi connectivity index (χ3v) is 8.58. The first kappa shape index (κ1) is 24.5. The zero-order chi connectivity index (χ0) is 22.8. The van der Waals surface area contributed by atoms with Gasteiger partial charge in [-0.15, -0.1) is 0 Å². The Morgan fingerprint density at radius 3 is 2.42 bits per heavy atom. The van der Waals surface area contributed by atoms with Gasteiger partial charge in [-0.3, -0.25) is 4.79 Å². The summed E-state index contributed by atoms with van der Waals surface area (Å²) in [7, 11) is -3.86. The number of hydrogen-bond donors (Lipinski definition) is 1. The number of sulfonamides is 1. The van der Waals surface area contributed by atoms with E-state index >= 15 is 0 Å². The van der Waals surface area contributed by atoms with Crippen LogP contribution in [0.1, 0.15) is 37.8 Å². The molecule has 0 aromatic heterocycles. The number of amides is 1. The summed E-state index contributed by atoms with van der Waals surface area (Å²) in [6.07, 6.45) is 2.78. The number of halogens is 3. The second kappa shape index (κ2) is 10.2. The molecule has 1 unspecified atom stereocenters. The van der Waals surface area contributed by atoms with E-state index in [-0.39, 0.29) is 22.4 Å². The number of anilines is 1. The smallest absolute Gasteiger partial charge is 0.244 e. The molecule has 5 nitrogen and oxygen atoms in total. The molecule has 31 heavy (non-hydrogen) atoms. The van der Waals surface area contributed by atoms with Crippen LogP contribution in [0.4, 0.5) is 5.69 Å². The molecule has 0 radical (unpaired) electrons. The maximum Gasteiger partial charge on any atom is 0.244 e. The zero-order valence-corrected chi connectivity index (χ0v) is 21.3. The van der Waals surface area contributed by atoms with Gasteiger partial charge in [0.05, 0.1) is 10.9 Å². The quantitative estimate of drug-likeness (QED) is 0.488. The van der Waals surface area contributed by atoms with Crippen LogP contribution in [0.5, 0.6) is 0 Å². The second-order valence-corrected chi connectivity index (χ2v) is 11.2. The average Bonchev–Trinajstić information content (AvgIpc) is 2.76.